The number of aromatic nitrogens is 13. The number of nitrogens with one attached hydrogen (secondary N) is 1. The van der Waals surface area contributed by atoms with Crippen molar-refractivity contribution < 1.29 is 0 Å². The van der Waals surface area contributed by atoms with Crippen molar-refractivity contribution >= 4 is 84.8 Å². The Balaban J connectivity index is 0.000000185. The highest BCUT2D eigenvalue weighted by Gasteiger charge is 2.15. The van der Waals surface area contributed by atoms with E-state index in [1.165, 1.54) is 29.4 Å². The van der Waals surface area contributed by atoms with Gasteiger partial charge < -0.3 is 24.9 Å². The zero-order chi connectivity index (χ0) is 55.7. The molecule has 10 rings (SSSR count). The van der Waals surface area contributed by atoms with Crippen LogP contribution in [0.2, 0.25) is 15.5 Å². The van der Waals surface area contributed by atoms with Gasteiger partial charge in [-0.3, -0.25) is 34.9 Å². The summed E-state index contributed by atoms with van der Waals surface area (Å²) in [5.41, 5.74) is 7.56. The van der Waals surface area contributed by atoms with Crippen molar-refractivity contribution in [3.05, 3.63) is 186 Å². The van der Waals surface area contributed by atoms with E-state index in [1.54, 1.807) is 62.0 Å². The van der Waals surface area contributed by atoms with Crippen LogP contribution in [0.1, 0.15) is 0 Å². The van der Waals surface area contributed by atoms with Crippen LogP contribution in [0.15, 0.2) is 170 Å². The van der Waals surface area contributed by atoms with Crippen LogP contribution in [-0.2, 0) is 0 Å². The highest BCUT2D eigenvalue weighted by molar-refractivity contribution is 9.10. The number of halogens is 4. The minimum absolute atomic E-state index is 0.317. The van der Waals surface area contributed by atoms with Gasteiger partial charge in [0.2, 0.25) is 0 Å². The molecule has 0 aliphatic carbocycles. The highest BCUT2D eigenvalue weighted by atomic mass is 79.9. The maximum Gasteiger partial charge on any atom is 0.149 e. The van der Waals surface area contributed by atoms with E-state index in [0.717, 1.165) is 72.9 Å². The predicted molar refractivity (Wildman–Crippen MR) is 318 cm³/mol. The molecule has 1 N–H and O–H groups in total. The van der Waals surface area contributed by atoms with Crippen LogP contribution >= 0.6 is 50.7 Å². The SMILES string of the molecule is CN(C)c1cnc(-c2cccc3ccccc23)c(-c2ccncc2)n1.CN(C)c1cnc(Br)c(-c2ccncc2)n1.CN(C)c1cncc(-c2ccncc2)n1.CN(C)c1cncc(Cl)n1.CNC.Clc1cncc(Cl)n1. The lowest BCUT2D eigenvalue weighted by molar-refractivity contribution is 1.02. The maximum atomic E-state index is 5.59. The number of nitrogens with zero attached hydrogens (tertiary/aromatic N) is 17. The van der Waals surface area contributed by atoms with Gasteiger partial charge in [0.05, 0.1) is 66.7 Å². The normalized spacial score (nSPS) is 10.0. The van der Waals surface area contributed by atoms with Crippen LogP contribution in [0.3, 0.4) is 0 Å². The molecule has 0 bridgehead atoms. The van der Waals surface area contributed by atoms with Crippen LogP contribution in [0.4, 0.5) is 23.3 Å². The molecular weight excluding hydrogens is 1100 g/mol. The van der Waals surface area contributed by atoms with Crippen molar-refractivity contribution in [2.45, 2.75) is 0 Å². The Hall–Kier alpha value is -7.94. The van der Waals surface area contributed by atoms with Crippen LogP contribution in [0, 0.1) is 0 Å². The molecule has 0 unspecified atom stereocenters. The van der Waals surface area contributed by atoms with E-state index >= 15 is 0 Å². The van der Waals surface area contributed by atoms with Crippen molar-refractivity contribution in [2.75, 3.05) is 90.1 Å². The third-order valence-corrected chi connectivity index (χ3v) is 11.2. The van der Waals surface area contributed by atoms with Gasteiger partial charge in [-0.25, -0.2) is 29.9 Å². The van der Waals surface area contributed by atoms with Crippen molar-refractivity contribution in [3.63, 3.8) is 0 Å². The molecule has 0 saturated carbocycles. The molecule has 0 amide bonds. The molecule has 8 heterocycles. The van der Waals surface area contributed by atoms with Crippen molar-refractivity contribution in [1.29, 1.82) is 0 Å². The van der Waals surface area contributed by atoms with Gasteiger partial charge in [0, 0.05) is 116 Å². The molecule has 396 valence electrons. The van der Waals surface area contributed by atoms with Gasteiger partial charge in [0.1, 0.15) is 49.0 Å². The molecule has 2 aromatic carbocycles. The second-order valence-corrected chi connectivity index (χ2v) is 18.6. The van der Waals surface area contributed by atoms with E-state index in [1.807, 2.05) is 133 Å². The molecule has 0 radical (unpaired) electrons. The summed E-state index contributed by atoms with van der Waals surface area (Å²) in [6.07, 6.45) is 23.6. The summed E-state index contributed by atoms with van der Waals surface area (Å²) in [7, 11) is 19.2. The number of hydrogen-bond acceptors (Lipinski definition) is 18. The largest absolute Gasteiger partial charge is 0.361 e. The van der Waals surface area contributed by atoms with E-state index < -0.39 is 0 Å². The molecule has 8 aromatic heterocycles. The van der Waals surface area contributed by atoms with Crippen molar-refractivity contribution in [2.24, 2.45) is 0 Å². The summed E-state index contributed by atoms with van der Waals surface area (Å²) in [5.74, 6) is 3.28. The summed E-state index contributed by atoms with van der Waals surface area (Å²) < 4.78 is 0.740. The molecule has 18 nitrogen and oxygen atoms in total. The maximum absolute atomic E-state index is 5.59. The molecule has 0 aliphatic rings. The molecule has 77 heavy (non-hydrogen) atoms. The molecular formula is C55H58BrCl3N18. The fourth-order valence-electron chi connectivity index (χ4n) is 6.31. The molecule has 10 aromatic rings. The first kappa shape index (κ1) is 59.9. The topological polar surface area (TPSA) is 193 Å². The lowest BCUT2D eigenvalue weighted by Crippen LogP contribution is -2.12. The van der Waals surface area contributed by atoms with Crippen LogP contribution < -0.4 is 24.9 Å². The number of pyridine rings is 3. The lowest BCUT2D eigenvalue weighted by atomic mass is 9.99. The van der Waals surface area contributed by atoms with Gasteiger partial charge in [-0.15, -0.1) is 0 Å². The average Bonchev–Trinajstić information content (AvgIpc) is 3.45. The Kier molecular flexibility index (Phi) is 24.3. The number of fused-ring (bicyclic) bond motifs is 1. The summed E-state index contributed by atoms with van der Waals surface area (Å²) in [5, 5.41) is 6.17. The van der Waals surface area contributed by atoms with Gasteiger partial charge in [-0.2, -0.15) is 0 Å². The monoisotopic (exact) mass is 1150 g/mol. The van der Waals surface area contributed by atoms with E-state index in [9.17, 15) is 0 Å². The minimum Gasteiger partial charge on any atom is -0.361 e. The Labute approximate surface area is 472 Å². The summed E-state index contributed by atoms with van der Waals surface area (Å²) in [4.78, 5) is 62.0. The fourth-order valence-corrected chi connectivity index (χ4v) is 7.21. The second kappa shape index (κ2) is 31.2. The third kappa shape index (κ3) is 19.0. The Bertz CT molecular complexity index is 3320. The van der Waals surface area contributed by atoms with Gasteiger partial charge in [0.15, 0.2) is 0 Å². The van der Waals surface area contributed by atoms with Gasteiger partial charge >= 0.3 is 0 Å². The number of benzene rings is 2. The minimum atomic E-state index is 0.317. The summed E-state index contributed by atoms with van der Waals surface area (Å²) in [6.45, 7) is 0. The third-order valence-electron chi connectivity index (χ3n) is 10.0. The van der Waals surface area contributed by atoms with Crippen molar-refractivity contribution in [1.82, 2.24) is 70.1 Å². The second-order valence-electron chi connectivity index (χ2n) is 16.7. The average molecular weight is 1160 g/mol. The van der Waals surface area contributed by atoms with Crippen LogP contribution in [0.25, 0.3) is 55.8 Å². The highest BCUT2D eigenvalue weighted by Crippen LogP contribution is 2.34. The molecule has 22 heteroatoms. The zero-order valence-electron chi connectivity index (χ0n) is 44.2. The number of rotatable bonds is 8. The zero-order valence-corrected chi connectivity index (χ0v) is 48.1. The van der Waals surface area contributed by atoms with Gasteiger partial charge in [0.25, 0.3) is 0 Å². The van der Waals surface area contributed by atoms with E-state index in [-0.39, 0.29) is 0 Å². The van der Waals surface area contributed by atoms with Gasteiger partial charge in [-0.05, 0) is 77.2 Å². The molecule has 0 saturated heterocycles. The Morgan fingerprint density at radius 1 is 0.390 bits per heavy atom. The first-order valence-electron chi connectivity index (χ1n) is 23.4. The first-order chi connectivity index (χ1) is 37.1. The quantitative estimate of drug-likeness (QED) is 0.151. The Morgan fingerprint density at radius 2 is 0.805 bits per heavy atom. The molecule has 0 atom stereocenters. The predicted octanol–water partition coefficient (Wildman–Crippen LogP) is 11.2. The van der Waals surface area contributed by atoms with Crippen LogP contribution in [0.5, 0.6) is 0 Å². The van der Waals surface area contributed by atoms with Gasteiger partial charge in [-0.1, -0.05) is 77.3 Å². The van der Waals surface area contributed by atoms with E-state index in [4.69, 9.17) is 44.8 Å². The van der Waals surface area contributed by atoms with E-state index in [2.05, 4.69) is 119 Å². The summed E-state index contributed by atoms with van der Waals surface area (Å²) in [6, 6.07) is 26.2. The number of anilines is 4. The smallest absolute Gasteiger partial charge is 0.149 e. The van der Waals surface area contributed by atoms with Crippen molar-refractivity contribution in [3.8, 4) is 45.0 Å². The molecule has 0 spiro atoms. The lowest BCUT2D eigenvalue weighted by Gasteiger charge is -2.16. The summed E-state index contributed by atoms with van der Waals surface area (Å²) >= 11 is 19.8. The molecule has 0 fully saturated rings. The number of hydrogen-bond donors (Lipinski definition) is 1. The Morgan fingerprint density at radius 3 is 1.30 bits per heavy atom. The standard InChI is InChI=1S/C21H18N4.C11H11BrN4.C11H12N4.C6H8ClN3.C4H2Cl2N2.C2H7N/c1-25(2)19-14-23-21(20(24-19)16-10-12-22-13-11-16)18-9-5-7-15-6-3-4-8-17(15)18;1-16(2)9-7-14-11(12)10(15-9)8-3-5-13-6-4-8;1-15(2)11-8-13-7-10(14-11)9-3-5-12-6-4-9;1-10(2)6-4-8-3-5(7)9-6;5-3-1-7-2-4(6)8-3;1-3-2/h3-14H,1-2H3;3-7H,1-2H3;3-8H,1-2H3;3-4H,1-2H3;1-2H;3H,1-2H3. The first-order valence-corrected chi connectivity index (χ1v) is 25.3. The fraction of sp³-hybridized carbons (Fsp3) is 0.182. The molecule has 0 aliphatic heterocycles. The van der Waals surface area contributed by atoms with E-state index in [0.29, 0.717) is 15.5 Å². The van der Waals surface area contributed by atoms with Crippen LogP contribution in [-0.4, -0.2) is 135 Å².